The molecular formula is C21H20N4O2. The summed E-state index contributed by atoms with van der Waals surface area (Å²) < 4.78 is 6.94. The number of nitrogens with one attached hydrogen (secondary N) is 1. The third-order valence-corrected chi connectivity index (χ3v) is 4.49. The Morgan fingerprint density at radius 3 is 2.56 bits per heavy atom. The fourth-order valence-electron chi connectivity index (χ4n) is 2.94. The van der Waals surface area contributed by atoms with E-state index in [1.807, 2.05) is 56.3 Å². The van der Waals surface area contributed by atoms with E-state index in [1.54, 1.807) is 17.9 Å². The van der Waals surface area contributed by atoms with Crippen molar-refractivity contribution in [2.24, 2.45) is 0 Å². The Hall–Kier alpha value is -3.59. The summed E-state index contributed by atoms with van der Waals surface area (Å²) in [5, 5.41) is 12.5. The molecule has 6 heteroatoms. The molecular weight excluding hydrogens is 340 g/mol. The molecule has 136 valence electrons. The Bertz CT molecular complexity index is 999. The molecule has 1 amide bonds. The van der Waals surface area contributed by atoms with Crippen LogP contribution in [0.4, 0.5) is 5.82 Å². The van der Waals surface area contributed by atoms with Crippen molar-refractivity contribution in [3.63, 3.8) is 0 Å². The van der Waals surface area contributed by atoms with Crippen molar-refractivity contribution in [1.82, 2.24) is 9.55 Å². The second-order valence-corrected chi connectivity index (χ2v) is 6.14. The van der Waals surface area contributed by atoms with Crippen LogP contribution in [0.5, 0.6) is 5.75 Å². The fourth-order valence-corrected chi connectivity index (χ4v) is 2.94. The number of ether oxygens (including phenoxy) is 1. The molecule has 0 atom stereocenters. The highest BCUT2D eigenvalue weighted by atomic mass is 16.5. The zero-order valence-corrected chi connectivity index (χ0v) is 15.5. The summed E-state index contributed by atoms with van der Waals surface area (Å²) in [6.07, 6.45) is 1.87. The molecule has 0 bridgehead atoms. The third-order valence-electron chi connectivity index (χ3n) is 4.49. The number of pyridine rings is 1. The Morgan fingerprint density at radius 1 is 1.22 bits per heavy atom. The predicted octanol–water partition coefficient (Wildman–Crippen LogP) is 3.55. The summed E-state index contributed by atoms with van der Waals surface area (Å²) in [5.41, 5.74) is 2.99. The molecule has 0 aliphatic heterocycles. The Kier molecular flexibility index (Phi) is 5.23. The van der Waals surface area contributed by atoms with E-state index in [-0.39, 0.29) is 12.3 Å². The van der Waals surface area contributed by atoms with E-state index >= 15 is 0 Å². The number of rotatable bonds is 5. The van der Waals surface area contributed by atoms with Gasteiger partial charge in [0.25, 0.3) is 0 Å². The molecule has 0 saturated carbocycles. The van der Waals surface area contributed by atoms with Crippen molar-refractivity contribution in [3.8, 4) is 17.6 Å². The number of anilines is 1. The van der Waals surface area contributed by atoms with Crippen LogP contribution in [0.2, 0.25) is 0 Å². The van der Waals surface area contributed by atoms with Crippen LogP contribution >= 0.6 is 0 Å². The van der Waals surface area contributed by atoms with E-state index in [0.717, 1.165) is 22.6 Å². The minimum Gasteiger partial charge on any atom is -0.497 e. The summed E-state index contributed by atoms with van der Waals surface area (Å²) in [5.74, 6) is 1.64. The van der Waals surface area contributed by atoms with Gasteiger partial charge < -0.3 is 10.1 Å². The number of carbonyl (C=O) groups is 1. The van der Waals surface area contributed by atoms with Gasteiger partial charge in [0.2, 0.25) is 5.91 Å². The lowest BCUT2D eigenvalue weighted by Gasteiger charge is -2.12. The first kappa shape index (κ1) is 18.2. The molecule has 0 aliphatic rings. The van der Waals surface area contributed by atoms with Gasteiger partial charge in [-0.2, -0.15) is 5.26 Å². The summed E-state index contributed by atoms with van der Waals surface area (Å²) in [6, 6.07) is 15.0. The zero-order chi connectivity index (χ0) is 19.4. The first-order valence-electron chi connectivity index (χ1n) is 8.51. The minimum absolute atomic E-state index is 0.195. The number of carbonyl (C=O) groups excluding carboxylic acids is 1. The van der Waals surface area contributed by atoms with Crippen LogP contribution in [-0.2, 0) is 11.2 Å². The average Bonchev–Trinajstić information content (AvgIpc) is 2.92. The number of hydrogen-bond acceptors (Lipinski definition) is 4. The minimum atomic E-state index is -0.202. The zero-order valence-electron chi connectivity index (χ0n) is 15.5. The fraction of sp³-hybridized carbons (Fsp3) is 0.190. The van der Waals surface area contributed by atoms with Crippen LogP contribution < -0.4 is 10.1 Å². The first-order chi connectivity index (χ1) is 13.0. The molecule has 2 aromatic heterocycles. The van der Waals surface area contributed by atoms with Gasteiger partial charge in [0.1, 0.15) is 23.5 Å². The van der Waals surface area contributed by atoms with Crippen LogP contribution in [0, 0.1) is 25.2 Å². The number of aromatic nitrogens is 2. The maximum Gasteiger partial charge on any atom is 0.229 e. The second-order valence-electron chi connectivity index (χ2n) is 6.14. The van der Waals surface area contributed by atoms with Gasteiger partial charge in [-0.05, 0) is 49.2 Å². The smallest absolute Gasteiger partial charge is 0.229 e. The van der Waals surface area contributed by atoms with Crippen LogP contribution in [0.1, 0.15) is 22.4 Å². The van der Waals surface area contributed by atoms with Crippen LogP contribution in [-0.4, -0.2) is 22.6 Å². The molecule has 0 fully saturated rings. The van der Waals surface area contributed by atoms with Crippen LogP contribution in [0.15, 0.2) is 48.7 Å². The summed E-state index contributed by atoms with van der Waals surface area (Å²) in [6.45, 7) is 3.77. The maximum atomic E-state index is 12.6. The van der Waals surface area contributed by atoms with Gasteiger partial charge >= 0.3 is 0 Å². The third kappa shape index (κ3) is 3.67. The van der Waals surface area contributed by atoms with Crippen molar-refractivity contribution in [3.05, 3.63) is 71.0 Å². The van der Waals surface area contributed by atoms with E-state index in [0.29, 0.717) is 17.2 Å². The van der Waals surface area contributed by atoms with E-state index < -0.39 is 0 Å². The van der Waals surface area contributed by atoms with E-state index in [1.165, 1.54) is 0 Å². The quantitative estimate of drug-likeness (QED) is 0.754. The summed E-state index contributed by atoms with van der Waals surface area (Å²) in [7, 11) is 1.60. The van der Waals surface area contributed by atoms with Crippen molar-refractivity contribution < 1.29 is 9.53 Å². The average molecular weight is 360 g/mol. The standard InChI is InChI=1S/C21H20N4O2/c1-14-15(2)25(19-6-4-5-11-23-19)21(18(14)13-22)24-20(26)12-16-7-9-17(27-3)10-8-16/h4-11H,12H2,1-3H3,(H,24,26). The SMILES string of the molecule is COc1ccc(CC(=O)Nc2c(C#N)c(C)c(C)n2-c2ccccn2)cc1. The Balaban J connectivity index is 1.92. The molecule has 1 aromatic carbocycles. The first-order valence-corrected chi connectivity index (χ1v) is 8.51. The highest BCUT2D eigenvalue weighted by Gasteiger charge is 2.21. The van der Waals surface area contributed by atoms with E-state index in [4.69, 9.17) is 4.74 Å². The van der Waals surface area contributed by atoms with Gasteiger partial charge in [-0.15, -0.1) is 0 Å². The summed E-state index contributed by atoms with van der Waals surface area (Å²) in [4.78, 5) is 17.0. The number of benzene rings is 1. The second kappa shape index (κ2) is 7.75. The maximum absolute atomic E-state index is 12.6. The molecule has 6 nitrogen and oxygen atoms in total. The van der Waals surface area contributed by atoms with Crippen molar-refractivity contribution in [2.75, 3.05) is 12.4 Å². The van der Waals surface area contributed by atoms with Crippen LogP contribution in [0.3, 0.4) is 0 Å². The molecule has 0 aliphatic carbocycles. The van der Waals surface area contributed by atoms with Crippen molar-refractivity contribution in [2.45, 2.75) is 20.3 Å². The number of nitriles is 1. The van der Waals surface area contributed by atoms with Gasteiger partial charge in [-0.3, -0.25) is 9.36 Å². The van der Waals surface area contributed by atoms with Gasteiger partial charge in [-0.1, -0.05) is 18.2 Å². The molecule has 3 aromatic rings. The van der Waals surface area contributed by atoms with Gasteiger partial charge in [0.05, 0.1) is 19.1 Å². The lowest BCUT2D eigenvalue weighted by atomic mass is 10.1. The summed E-state index contributed by atoms with van der Waals surface area (Å²) >= 11 is 0. The number of hydrogen-bond donors (Lipinski definition) is 1. The van der Waals surface area contributed by atoms with Gasteiger partial charge in [0.15, 0.2) is 0 Å². The molecule has 27 heavy (non-hydrogen) atoms. The molecule has 3 rings (SSSR count). The highest BCUT2D eigenvalue weighted by Crippen LogP contribution is 2.29. The number of amides is 1. The lowest BCUT2D eigenvalue weighted by Crippen LogP contribution is -2.18. The Labute approximate surface area is 158 Å². The Morgan fingerprint density at radius 2 is 1.96 bits per heavy atom. The normalized spacial score (nSPS) is 10.3. The van der Waals surface area contributed by atoms with Crippen molar-refractivity contribution in [1.29, 1.82) is 5.26 Å². The molecule has 2 heterocycles. The van der Waals surface area contributed by atoms with Gasteiger partial charge in [-0.25, -0.2) is 4.98 Å². The molecule has 1 N–H and O–H groups in total. The van der Waals surface area contributed by atoms with E-state index in [9.17, 15) is 10.1 Å². The van der Waals surface area contributed by atoms with Gasteiger partial charge in [0, 0.05) is 11.9 Å². The molecule has 0 spiro atoms. The van der Waals surface area contributed by atoms with Crippen LogP contribution in [0.25, 0.3) is 5.82 Å². The number of nitrogens with zero attached hydrogens (tertiary/aromatic N) is 3. The topological polar surface area (TPSA) is 79.9 Å². The molecule has 0 radical (unpaired) electrons. The number of methoxy groups -OCH3 is 1. The molecule has 0 saturated heterocycles. The predicted molar refractivity (Wildman–Crippen MR) is 103 cm³/mol. The van der Waals surface area contributed by atoms with E-state index in [2.05, 4.69) is 16.4 Å². The largest absolute Gasteiger partial charge is 0.497 e. The molecule has 0 unspecified atom stereocenters. The van der Waals surface area contributed by atoms with Crippen molar-refractivity contribution >= 4 is 11.7 Å². The monoisotopic (exact) mass is 360 g/mol. The lowest BCUT2D eigenvalue weighted by molar-refractivity contribution is -0.115. The highest BCUT2D eigenvalue weighted by molar-refractivity contribution is 5.93.